The Kier molecular flexibility index (Phi) is 7.90. The lowest BCUT2D eigenvalue weighted by atomic mass is 9.67. The van der Waals surface area contributed by atoms with Crippen LogP contribution >= 0.6 is 18.5 Å². The molecule has 0 spiro atoms. The van der Waals surface area contributed by atoms with E-state index in [1.54, 1.807) is 11.3 Å². The molecule has 60 heavy (non-hydrogen) atoms. The van der Waals surface area contributed by atoms with E-state index in [0.717, 1.165) is 60.6 Å². The third-order valence-electron chi connectivity index (χ3n) is 12.3. The van der Waals surface area contributed by atoms with Gasteiger partial charge in [-0.25, -0.2) is 0 Å². The highest BCUT2D eigenvalue weighted by atomic mass is 32.1. The Hall–Kier alpha value is -6.97. The fourth-order valence-corrected chi connectivity index (χ4v) is 13.3. The van der Waals surface area contributed by atoms with Gasteiger partial charge in [-0.3, -0.25) is 0 Å². The average molecular weight is 807 g/mol. The van der Waals surface area contributed by atoms with Crippen LogP contribution in [0.3, 0.4) is 0 Å². The average Bonchev–Trinajstić information content (AvgIpc) is 3.83. The van der Waals surface area contributed by atoms with Crippen LogP contribution in [0.5, 0.6) is 23.0 Å². The van der Waals surface area contributed by atoms with E-state index in [0.29, 0.717) is 17.2 Å². The normalized spacial score (nSPS) is 13.5. The van der Waals surface area contributed by atoms with E-state index in [-0.39, 0.29) is 0 Å². The zero-order valence-electron chi connectivity index (χ0n) is 32.3. The van der Waals surface area contributed by atoms with Crippen molar-refractivity contribution in [2.75, 3.05) is 0 Å². The Balaban J connectivity index is 1.04. The second-order valence-electron chi connectivity index (χ2n) is 15.5. The van der Waals surface area contributed by atoms with Gasteiger partial charge in [-0.05, 0) is 80.9 Å². The topological polar surface area (TPSA) is 35.5 Å². The molecule has 1 aliphatic carbocycles. The van der Waals surface area contributed by atoms with Crippen molar-refractivity contribution in [2.24, 2.45) is 0 Å². The van der Waals surface area contributed by atoms with Gasteiger partial charge in [0, 0.05) is 42.2 Å². The molecule has 0 radical (unpaired) electrons. The van der Waals surface area contributed by atoms with Gasteiger partial charge in [0.05, 0.1) is 5.41 Å². The molecule has 284 valence electrons. The Bertz CT molecular complexity index is 3260. The van der Waals surface area contributed by atoms with Gasteiger partial charge < -0.3 is 14.0 Å². The lowest BCUT2D eigenvalue weighted by Gasteiger charge is -2.34. The number of hydrogen-bond acceptors (Lipinski definition) is 4. The van der Waals surface area contributed by atoms with E-state index in [1.807, 2.05) is 66.7 Å². The Morgan fingerprint density at radius 1 is 0.383 bits per heavy atom. The van der Waals surface area contributed by atoms with Crippen LogP contribution in [-0.2, 0) is 9.98 Å². The largest absolute Gasteiger partial charge is 0.449 e. The van der Waals surface area contributed by atoms with Gasteiger partial charge in [0.15, 0.2) is 30.1 Å². The first kappa shape index (κ1) is 35.0. The van der Waals surface area contributed by atoms with Crippen molar-refractivity contribution in [1.82, 2.24) is 0 Å². The summed E-state index contributed by atoms with van der Waals surface area (Å²) in [5.41, 5.74) is 8.24. The molecule has 9 aromatic carbocycles. The first-order chi connectivity index (χ1) is 29.6. The summed E-state index contributed by atoms with van der Waals surface area (Å²) in [5.74, 6) is 2.81. The van der Waals surface area contributed by atoms with Gasteiger partial charge in [-0.15, -0.1) is 11.3 Å². The molecule has 0 fully saturated rings. The van der Waals surface area contributed by atoms with Gasteiger partial charge in [-0.2, -0.15) is 0 Å². The van der Waals surface area contributed by atoms with Crippen molar-refractivity contribution in [3.8, 4) is 45.3 Å². The number of hydrogen-bond donors (Lipinski definition) is 0. The van der Waals surface area contributed by atoms with Crippen LogP contribution in [0, 0.1) is 0 Å². The summed E-state index contributed by atoms with van der Waals surface area (Å²) < 4.78 is 31.5. The minimum atomic E-state index is -3.28. The third kappa shape index (κ3) is 5.18. The molecule has 2 aliphatic rings. The number of fused-ring (bicyclic) bond motifs is 8. The Morgan fingerprint density at radius 3 is 1.58 bits per heavy atom. The van der Waals surface area contributed by atoms with E-state index >= 15 is 4.57 Å². The highest BCUT2D eigenvalue weighted by Crippen LogP contribution is 2.58. The van der Waals surface area contributed by atoms with Crippen LogP contribution in [0.25, 0.3) is 42.4 Å². The van der Waals surface area contributed by atoms with Gasteiger partial charge in [0.25, 0.3) is 0 Å². The van der Waals surface area contributed by atoms with Crippen molar-refractivity contribution in [2.45, 2.75) is 5.41 Å². The van der Waals surface area contributed by atoms with Crippen LogP contribution in [0.2, 0.25) is 0 Å². The predicted octanol–water partition coefficient (Wildman–Crippen LogP) is 13.6. The lowest BCUT2D eigenvalue weighted by Crippen LogP contribution is -2.31. The van der Waals surface area contributed by atoms with E-state index in [4.69, 9.17) is 9.47 Å². The fraction of sp³-hybridized carbons (Fsp3) is 0.0182. The number of thiophene rings is 1. The summed E-state index contributed by atoms with van der Waals surface area (Å²) in [4.78, 5) is 0. The van der Waals surface area contributed by atoms with Crippen molar-refractivity contribution < 1.29 is 14.0 Å². The quantitative estimate of drug-likeness (QED) is 0.157. The maximum atomic E-state index is 15.9. The summed E-state index contributed by atoms with van der Waals surface area (Å²) in [7, 11) is -3.28. The number of benzene rings is 9. The molecule has 5 heteroatoms. The van der Waals surface area contributed by atoms with Crippen LogP contribution in [0.1, 0.15) is 22.3 Å². The smallest absolute Gasteiger partial charge is 0.171 e. The van der Waals surface area contributed by atoms with Gasteiger partial charge in [0.1, 0.15) is 0 Å². The zero-order valence-corrected chi connectivity index (χ0v) is 34.0. The highest BCUT2D eigenvalue weighted by Gasteiger charge is 2.47. The molecule has 2 heterocycles. The molecule has 0 amide bonds. The first-order valence-electron chi connectivity index (χ1n) is 20.2. The Labute approximate surface area is 352 Å². The number of rotatable bonds is 6. The molecular weight excluding hydrogens is 772 g/mol. The minimum Gasteiger partial charge on any atom is -0.449 e. The van der Waals surface area contributed by atoms with Gasteiger partial charge in [0.2, 0.25) is 0 Å². The summed E-state index contributed by atoms with van der Waals surface area (Å²) in [6.07, 6.45) is 0. The summed E-state index contributed by atoms with van der Waals surface area (Å²) in [6, 6.07) is 73.7. The lowest BCUT2D eigenvalue weighted by molar-refractivity contribution is 0.360. The number of ether oxygens (including phenoxy) is 2. The zero-order chi connectivity index (χ0) is 39.8. The van der Waals surface area contributed by atoms with Gasteiger partial charge in [-0.1, -0.05) is 170 Å². The van der Waals surface area contributed by atoms with Crippen LogP contribution in [-0.4, -0.2) is 0 Å². The third-order valence-corrected chi connectivity index (χ3v) is 16.5. The van der Waals surface area contributed by atoms with E-state index < -0.39 is 12.6 Å². The molecule has 0 saturated heterocycles. The molecule has 1 aliphatic heterocycles. The van der Waals surface area contributed by atoms with Crippen molar-refractivity contribution in [1.29, 1.82) is 0 Å². The SMILES string of the molecule is O=P(c1ccccc1)(c1ccccc1)c1ccc2c(c1)C(c1ccccc1)(c1ccccc1)c1cc(-c3ccc4c(c3)Oc3cc5c(cc3O4)sc3ccccc35)ccc1-2. The van der Waals surface area contributed by atoms with Crippen molar-refractivity contribution >= 4 is 54.6 Å². The minimum absolute atomic E-state index is 0.683. The summed E-state index contributed by atoms with van der Waals surface area (Å²) in [5, 5.41) is 4.82. The molecule has 12 rings (SSSR count). The van der Waals surface area contributed by atoms with Gasteiger partial charge >= 0.3 is 0 Å². The maximum absolute atomic E-state index is 15.9. The highest BCUT2D eigenvalue weighted by molar-refractivity contribution is 7.85. The molecule has 3 nitrogen and oxygen atoms in total. The molecule has 0 atom stereocenters. The predicted molar refractivity (Wildman–Crippen MR) is 248 cm³/mol. The van der Waals surface area contributed by atoms with Crippen molar-refractivity contribution in [3.05, 3.63) is 235 Å². The monoisotopic (exact) mass is 806 g/mol. The molecular formula is C55H35O3PS. The fourth-order valence-electron chi connectivity index (χ4n) is 9.56. The van der Waals surface area contributed by atoms with Crippen molar-refractivity contribution in [3.63, 3.8) is 0 Å². The van der Waals surface area contributed by atoms with Crippen LogP contribution in [0.15, 0.2) is 212 Å². The van der Waals surface area contributed by atoms with E-state index in [2.05, 4.69) is 146 Å². The second-order valence-corrected chi connectivity index (χ2v) is 19.4. The molecule has 0 unspecified atom stereocenters. The van der Waals surface area contributed by atoms with E-state index in [9.17, 15) is 0 Å². The second kappa shape index (κ2) is 13.5. The summed E-state index contributed by atoms with van der Waals surface area (Å²) >= 11 is 1.77. The standard InChI is InChI=1S/C55H35O3PS/c56-59(40-19-9-3-10-20-40,41-21-11-4-12-22-41)42-27-29-44-43-28-25-36(31-47(43)55(48(44)33-42,38-15-5-1-6-16-38)39-17-7-2-8-18-39)37-26-30-49-50(32-37)58-51-34-46-45-23-13-14-24-53(45)60-54(46)35-52(51)57-49/h1-35H. The molecule has 0 saturated carbocycles. The Morgan fingerprint density at radius 2 is 0.900 bits per heavy atom. The maximum Gasteiger partial charge on any atom is 0.171 e. The molecule has 1 aromatic heterocycles. The summed E-state index contributed by atoms with van der Waals surface area (Å²) in [6.45, 7) is 0. The molecule has 0 bridgehead atoms. The van der Waals surface area contributed by atoms with Crippen LogP contribution in [0.4, 0.5) is 0 Å². The molecule has 0 N–H and O–H groups in total. The van der Waals surface area contributed by atoms with E-state index in [1.165, 1.54) is 25.7 Å². The van der Waals surface area contributed by atoms with Crippen LogP contribution < -0.4 is 25.4 Å². The first-order valence-corrected chi connectivity index (χ1v) is 22.7. The molecule has 10 aromatic rings.